The van der Waals surface area contributed by atoms with Gasteiger partial charge in [-0.25, -0.2) is 0 Å². The van der Waals surface area contributed by atoms with Crippen LogP contribution >= 0.6 is 12.2 Å². The summed E-state index contributed by atoms with van der Waals surface area (Å²) in [6.07, 6.45) is 4.41. The van der Waals surface area contributed by atoms with Gasteiger partial charge in [-0.1, -0.05) is 19.1 Å². The average Bonchev–Trinajstić information content (AvgIpc) is 2.52. The topological polar surface area (TPSA) is 55.6 Å². The number of hydrogen-bond donors (Lipinski definition) is 1. The first-order valence-corrected chi connectivity index (χ1v) is 7.84. The molecule has 1 unspecified atom stereocenters. The van der Waals surface area contributed by atoms with E-state index in [2.05, 4.69) is 6.92 Å². The second-order valence-corrected chi connectivity index (χ2v) is 5.76. The number of nitrogens with two attached hydrogens (primary N) is 1. The van der Waals surface area contributed by atoms with E-state index < -0.39 is 0 Å². The van der Waals surface area contributed by atoms with E-state index in [1.54, 1.807) is 24.3 Å². The van der Waals surface area contributed by atoms with Gasteiger partial charge in [0.25, 0.3) is 5.91 Å². The number of carbonyl (C=O) groups excluding carboxylic acids is 1. The van der Waals surface area contributed by atoms with Crippen LogP contribution < -0.4 is 10.5 Å². The van der Waals surface area contributed by atoms with E-state index >= 15 is 0 Å². The van der Waals surface area contributed by atoms with E-state index in [0.717, 1.165) is 31.4 Å². The molecule has 114 valence electrons. The highest BCUT2D eigenvalue weighted by atomic mass is 32.1. The van der Waals surface area contributed by atoms with Crippen molar-refractivity contribution < 1.29 is 9.53 Å². The summed E-state index contributed by atoms with van der Waals surface area (Å²) in [5.74, 6) is 0.730. The van der Waals surface area contributed by atoms with Crippen LogP contribution in [0.4, 0.5) is 0 Å². The molecular formula is C16H22N2O2S. The lowest BCUT2D eigenvalue weighted by molar-refractivity contribution is -0.137. The number of piperidine rings is 1. The maximum Gasteiger partial charge on any atom is 0.260 e. The van der Waals surface area contributed by atoms with Crippen LogP contribution in [0.1, 0.15) is 38.2 Å². The first-order valence-electron chi connectivity index (χ1n) is 7.44. The van der Waals surface area contributed by atoms with Gasteiger partial charge < -0.3 is 15.4 Å². The number of benzene rings is 1. The van der Waals surface area contributed by atoms with Crippen LogP contribution in [0, 0.1) is 0 Å². The summed E-state index contributed by atoms with van der Waals surface area (Å²) in [6.45, 7) is 3.07. The van der Waals surface area contributed by atoms with Crippen molar-refractivity contribution in [2.45, 2.75) is 38.6 Å². The van der Waals surface area contributed by atoms with Crippen LogP contribution in [-0.2, 0) is 4.79 Å². The molecule has 21 heavy (non-hydrogen) atoms. The van der Waals surface area contributed by atoms with Crippen molar-refractivity contribution in [2.24, 2.45) is 5.73 Å². The number of thiocarbonyl (C=S) groups is 1. The minimum absolute atomic E-state index is 0.0694. The van der Waals surface area contributed by atoms with Crippen molar-refractivity contribution in [3.63, 3.8) is 0 Å². The molecule has 2 rings (SSSR count). The molecule has 5 heteroatoms. The fraction of sp³-hybridized carbons (Fsp3) is 0.500. The number of nitrogens with zero attached hydrogens (tertiary/aromatic N) is 1. The van der Waals surface area contributed by atoms with Gasteiger partial charge in [-0.05, 0) is 49.9 Å². The number of carbonyl (C=O) groups is 1. The van der Waals surface area contributed by atoms with Crippen molar-refractivity contribution in [3.8, 4) is 5.75 Å². The average molecular weight is 306 g/mol. The largest absolute Gasteiger partial charge is 0.484 e. The Bertz CT molecular complexity index is 502. The first-order chi connectivity index (χ1) is 10.1. The van der Waals surface area contributed by atoms with Gasteiger partial charge in [-0.2, -0.15) is 0 Å². The van der Waals surface area contributed by atoms with Gasteiger partial charge in [0.05, 0.1) is 0 Å². The molecule has 1 heterocycles. The summed E-state index contributed by atoms with van der Waals surface area (Å²) in [4.78, 5) is 14.6. The second-order valence-electron chi connectivity index (χ2n) is 5.32. The van der Waals surface area contributed by atoms with Gasteiger partial charge in [0.15, 0.2) is 6.61 Å². The number of amides is 1. The molecule has 1 saturated heterocycles. The Kier molecular flexibility index (Phi) is 5.56. The van der Waals surface area contributed by atoms with Crippen molar-refractivity contribution in [2.75, 3.05) is 13.2 Å². The summed E-state index contributed by atoms with van der Waals surface area (Å²) in [5, 5.41) is 0. The van der Waals surface area contributed by atoms with E-state index in [9.17, 15) is 4.79 Å². The maximum atomic E-state index is 12.3. The molecule has 0 spiro atoms. The third-order valence-electron chi connectivity index (χ3n) is 3.92. The van der Waals surface area contributed by atoms with Crippen molar-refractivity contribution in [1.29, 1.82) is 0 Å². The molecule has 1 atom stereocenters. The Labute approximate surface area is 131 Å². The highest BCUT2D eigenvalue weighted by Crippen LogP contribution is 2.20. The van der Waals surface area contributed by atoms with Gasteiger partial charge in [-0.3, -0.25) is 4.79 Å². The minimum Gasteiger partial charge on any atom is -0.484 e. The minimum atomic E-state index is 0.0694. The summed E-state index contributed by atoms with van der Waals surface area (Å²) in [5.41, 5.74) is 6.34. The van der Waals surface area contributed by atoms with Gasteiger partial charge in [0.1, 0.15) is 10.7 Å². The predicted molar refractivity (Wildman–Crippen MR) is 87.5 cm³/mol. The predicted octanol–water partition coefficient (Wildman–Crippen LogP) is 2.49. The zero-order valence-electron chi connectivity index (χ0n) is 12.4. The molecule has 1 aromatic carbocycles. The molecular weight excluding hydrogens is 284 g/mol. The molecule has 0 aliphatic carbocycles. The Hall–Kier alpha value is -1.62. The Balaban J connectivity index is 1.89. The Morgan fingerprint density at radius 1 is 1.38 bits per heavy atom. The number of ether oxygens (including phenoxy) is 1. The van der Waals surface area contributed by atoms with Crippen molar-refractivity contribution >= 4 is 23.1 Å². The van der Waals surface area contributed by atoms with E-state index in [1.165, 1.54) is 6.42 Å². The summed E-state index contributed by atoms with van der Waals surface area (Å²) >= 11 is 4.90. The van der Waals surface area contributed by atoms with E-state index in [4.69, 9.17) is 22.7 Å². The maximum absolute atomic E-state index is 12.3. The zero-order chi connectivity index (χ0) is 15.2. The van der Waals surface area contributed by atoms with Crippen LogP contribution in [0.5, 0.6) is 5.75 Å². The molecule has 0 aromatic heterocycles. The zero-order valence-corrected chi connectivity index (χ0v) is 13.2. The quantitative estimate of drug-likeness (QED) is 0.849. The molecule has 1 aliphatic heterocycles. The summed E-state index contributed by atoms with van der Waals surface area (Å²) < 4.78 is 5.57. The molecule has 1 aliphatic rings. The molecule has 0 bridgehead atoms. The molecule has 1 amide bonds. The van der Waals surface area contributed by atoms with Crippen LogP contribution in [0.25, 0.3) is 0 Å². The third-order valence-corrected chi connectivity index (χ3v) is 4.16. The number of likely N-dealkylation sites (tertiary alicyclic amines) is 1. The van der Waals surface area contributed by atoms with Gasteiger partial charge in [-0.15, -0.1) is 0 Å². The molecule has 2 N–H and O–H groups in total. The van der Waals surface area contributed by atoms with Crippen LogP contribution in [-0.4, -0.2) is 35.0 Å². The second kappa shape index (κ2) is 7.41. The molecule has 0 saturated carbocycles. The summed E-state index contributed by atoms with van der Waals surface area (Å²) in [7, 11) is 0. The number of rotatable bonds is 5. The van der Waals surface area contributed by atoms with Crippen molar-refractivity contribution in [1.82, 2.24) is 4.90 Å². The lowest BCUT2D eigenvalue weighted by Gasteiger charge is -2.35. The normalized spacial score (nSPS) is 18.3. The third kappa shape index (κ3) is 4.17. The highest BCUT2D eigenvalue weighted by Gasteiger charge is 2.25. The van der Waals surface area contributed by atoms with Crippen LogP contribution in [0.2, 0.25) is 0 Å². The molecule has 1 aromatic rings. The van der Waals surface area contributed by atoms with Crippen LogP contribution in [0.15, 0.2) is 24.3 Å². The van der Waals surface area contributed by atoms with Gasteiger partial charge in [0.2, 0.25) is 0 Å². The Morgan fingerprint density at radius 2 is 2.10 bits per heavy atom. The fourth-order valence-corrected chi connectivity index (χ4v) is 2.83. The van der Waals surface area contributed by atoms with E-state index in [-0.39, 0.29) is 12.5 Å². The Morgan fingerprint density at radius 3 is 2.71 bits per heavy atom. The van der Waals surface area contributed by atoms with E-state index in [1.807, 2.05) is 4.90 Å². The highest BCUT2D eigenvalue weighted by molar-refractivity contribution is 7.80. The molecule has 0 radical (unpaired) electrons. The smallest absolute Gasteiger partial charge is 0.260 e. The molecule has 4 nitrogen and oxygen atoms in total. The first kappa shape index (κ1) is 15.8. The van der Waals surface area contributed by atoms with Gasteiger partial charge in [0, 0.05) is 18.2 Å². The van der Waals surface area contributed by atoms with Crippen LogP contribution in [0.3, 0.4) is 0 Å². The monoisotopic (exact) mass is 306 g/mol. The fourth-order valence-electron chi connectivity index (χ4n) is 2.70. The number of hydrogen-bond acceptors (Lipinski definition) is 3. The standard InChI is InChI=1S/C16H22N2O2S/c1-2-13-5-3-4-10-18(13)15(19)11-20-14-8-6-12(7-9-14)16(17)21/h6-9,13H,2-5,10-11H2,1H3,(H2,17,21). The SMILES string of the molecule is CCC1CCCCN1C(=O)COc1ccc(C(N)=S)cc1. The van der Waals surface area contributed by atoms with E-state index in [0.29, 0.717) is 16.8 Å². The lowest BCUT2D eigenvalue weighted by atomic mass is 10.00. The van der Waals surface area contributed by atoms with Crippen molar-refractivity contribution in [3.05, 3.63) is 29.8 Å². The van der Waals surface area contributed by atoms with Gasteiger partial charge >= 0.3 is 0 Å². The summed E-state index contributed by atoms with van der Waals surface area (Å²) in [6, 6.07) is 7.55. The molecule has 1 fully saturated rings. The lowest BCUT2D eigenvalue weighted by Crippen LogP contribution is -2.45.